The van der Waals surface area contributed by atoms with Crippen LogP contribution in [0.5, 0.6) is 5.75 Å². The first-order valence-electron chi connectivity index (χ1n) is 10.5. The number of para-hydroxylation sites is 2. The van der Waals surface area contributed by atoms with Gasteiger partial charge in [0.25, 0.3) is 5.91 Å². The maximum atomic E-state index is 12.5. The van der Waals surface area contributed by atoms with Crippen molar-refractivity contribution >= 4 is 12.0 Å². The van der Waals surface area contributed by atoms with E-state index in [0.29, 0.717) is 0 Å². The lowest BCUT2D eigenvalue weighted by molar-refractivity contribution is -0.884. The number of carbonyl (C=O) groups is 1. The molecule has 2 heterocycles. The summed E-state index contributed by atoms with van der Waals surface area (Å²) in [5, 5.41) is 6.78. The number of quaternary nitrogens is 1. The highest BCUT2D eigenvalue weighted by Gasteiger charge is 2.18. The summed E-state index contributed by atoms with van der Waals surface area (Å²) in [5.74, 6) is 0.595. The Bertz CT molecular complexity index is 1050. The van der Waals surface area contributed by atoms with Gasteiger partial charge in [-0.15, -0.1) is 0 Å². The summed E-state index contributed by atoms with van der Waals surface area (Å²) in [5.41, 5.74) is 6.39. The average molecular weight is 419 g/mol. The van der Waals surface area contributed by atoms with E-state index in [1.54, 1.807) is 13.2 Å². The van der Waals surface area contributed by atoms with Crippen LogP contribution in [0, 0.1) is 0 Å². The minimum atomic E-state index is -0.141. The molecule has 7 nitrogen and oxygen atoms in total. The fourth-order valence-corrected chi connectivity index (χ4v) is 3.63. The van der Waals surface area contributed by atoms with Crippen molar-refractivity contribution < 1.29 is 14.4 Å². The fourth-order valence-electron chi connectivity index (χ4n) is 3.63. The molecule has 2 N–H and O–H groups in total. The Balaban J connectivity index is 1.61. The molecule has 1 fully saturated rings. The molecule has 31 heavy (non-hydrogen) atoms. The van der Waals surface area contributed by atoms with Crippen molar-refractivity contribution in [2.75, 3.05) is 40.3 Å². The van der Waals surface area contributed by atoms with E-state index >= 15 is 0 Å². The third-order valence-corrected chi connectivity index (χ3v) is 5.42. The van der Waals surface area contributed by atoms with E-state index in [1.165, 1.54) is 4.90 Å². The highest BCUT2D eigenvalue weighted by atomic mass is 16.5. The van der Waals surface area contributed by atoms with Gasteiger partial charge in [-0.25, -0.2) is 9.69 Å². The van der Waals surface area contributed by atoms with Crippen molar-refractivity contribution in [1.29, 1.82) is 0 Å². The van der Waals surface area contributed by atoms with Crippen LogP contribution in [0.3, 0.4) is 0 Å². The second kappa shape index (κ2) is 9.59. The molecule has 0 atom stereocenters. The third kappa shape index (κ3) is 5.02. The Morgan fingerprint density at radius 3 is 2.55 bits per heavy atom. The van der Waals surface area contributed by atoms with Crippen LogP contribution in [0.15, 0.2) is 66.9 Å². The molecule has 1 aliphatic heterocycles. The number of hydrogen-bond donors (Lipinski definition) is 2. The van der Waals surface area contributed by atoms with Gasteiger partial charge in [0.05, 0.1) is 46.0 Å². The largest absolute Gasteiger partial charge is 0.496 e. The lowest BCUT2D eigenvalue weighted by Gasteiger charge is -2.29. The number of methoxy groups -OCH3 is 1. The molecule has 0 unspecified atom stereocenters. The summed E-state index contributed by atoms with van der Waals surface area (Å²) in [7, 11) is 3.82. The highest BCUT2D eigenvalue weighted by Crippen LogP contribution is 2.32. The van der Waals surface area contributed by atoms with Crippen LogP contribution in [0.2, 0.25) is 0 Å². The fraction of sp³-hybridized carbons (Fsp3) is 0.250. The molecule has 0 spiro atoms. The molecular weight excluding hydrogens is 390 g/mol. The molecule has 2 aromatic carbocycles. The first-order chi connectivity index (χ1) is 15.1. The molecule has 1 aromatic heterocycles. The summed E-state index contributed by atoms with van der Waals surface area (Å²) in [4.78, 5) is 14.0. The van der Waals surface area contributed by atoms with E-state index < -0.39 is 0 Å². The summed E-state index contributed by atoms with van der Waals surface area (Å²) in [6.07, 6.45) is 5.31. The zero-order chi connectivity index (χ0) is 21.6. The molecule has 0 radical (unpaired) electrons. The van der Waals surface area contributed by atoms with E-state index in [9.17, 15) is 4.79 Å². The molecule has 4 rings (SSSR count). The zero-order valence-corrected chi connectivity index (χ0v) is 17.9. The van der Waals surface area contributed by atoms with Crippen molar-refractivity contribution in [3.05, 3.63) is 72.4 Å². The van der Waals surface area contributed by atoms with E-state index in [2.05, 4.69) is 12.5 Å². The minimum Gasteiger partial charge on any atom is -0.496 e. The van der Waals surface area contributed by atoms with Gasteiger partial charge in [0.15, 0.2) is 0 Å². The van der Waals surface area contributed by atoms with Crippen LogP contribution < -0.4 is 15.1 Å². The molecule has 0 bridgehead atoms. The van der Waals surface area contributed by atoms with E-state index in [1.807, 2.05) is 76.6 Å². The van der Waals surface area contributed by atoms with Gasteiger partial charge >= 0.3 is 0 Å². The van der Waals surface area contributed by atoms with Crippen LogP contribution >= 0.6 is 0 Å². The number of benzene rings is 2. The zero-order valence-electron chi connectivity index (χ0n) is 17.9. The Morgan fingerprint density at radius 1 is 1.10 bits per heavy atom. The normalized spacial score (nSPS) is 15.3. The molecule has 1 saturated heterocycles. The van der Waals surface area contributed by atoms with Gasteiger partial charge < -0.3 is 9.64 Å². The number of rotatable bonds is 6. The van der Waals surface area contributed by atoms with E-state index in [-0.39, 0.29) is 5.91 Å². The molecule has 3 aromatic rings. The molecule has 0 aliphatic carbocycles. The number of hydrazine groups is 1. The Morgan fingerprint density at radius 2 is 1.81 bits per heavy atom. The molecule has 1 amide bonds. The highest BCUT2D eigenvalue weighted by molar-refractivity contribution is 5.92. The Kier molecular flexibility index (Phi) is 6.45. The topological polar surface area (TPSA) is 63.8 Å². The molecular formula is C24H28N5O2+. The quantitative estimate of drug-likeness (QED) is 0.595. The van der Waals surface area contributed by atoms with Crippen LogP contribution in [-0.4, -0.2) is 61.0 Å². The Labute approximate surface area is 182 Å². The van der Waals surface area contributed by atoms with Crippen molar-refractivity contribution in [1.82, 2.24) is 20.2 Å². The van der Waals surface area contributed by atoms with Crippen molar-refractivity contribution in [2.24, 2.45) is 0 Å². The molecule has 7 heteroatoms. The van der Waals surface area contributed by atoms with Gasteiger partial charge in [0, 0.05) is 23.4 Å². The number of piperazine rings is 1. The third-order valence-electron chi connectivity index (χ3n) is 5.42. The minimum absolute atomic E-state index is 0.141. The standard InChI is InChI=1S/C24H27N5O2/c1-27-14-16-28(17-15-27)25-23(30)13-12-19-18-29(20-8-4-3-5-9-20)26-24(19)21-10-6-7-11-22(21)31-2/h3-13,18H,14-17H2,1-2H3,(H,25,30)/p+1/b13-12+. The number of likely N-dealkylation sites (N-methyl/N-ethyl adjacent to an activating group) is 1. The monoisotopic (exact) mass is 418 g/mol. The van der Waals surface area contributed by atoms with E-state index in [0.717, 1.165) is 54.4 Å². The Hall–Kier alpha value is -3.42. The second-order valence-corrected chi connectivity index (χ2v) is 7.67. The first kappa shape index (κ1) is 20.8. The molecule has 1 aliphatic rings. The lowest BCUT2D eigenvalue weighted by Crippen LogP contribution is -3.12. The van der Waals surface area contributed by atoms with Crippen LogP contribution in [-0.2, 0) is 4.79 Å². The summed E-state index contributed by atoms with van der Waals surface area (Å²) in [6, 6.07) is 17.7. The van der Waals surface area contributed by atoms with Gasteiger partial charge in [-0.05, 0) is 30.3 Å². The second-order valence-electron chi connectivity index (χ2n) is 7.67. The van der Waals surface area contributed by atoms with Crippen LogP contribution in [0.1, 0.15) is 5.56 Å². The van der Waals surface area contributed by atoms with Gasteiger partial charge in [-0.3, -0.25) is 10.2 Å². The van der Waals surface area contributed by atoms with Crippen LogP contribution in [0.25, 0.3) is 23.0 Å². The first-order valence-corrected chi connectivity index (χ1v) is 10.5. The predicted molar refractivity (Wildman–Crippen MR) is 121 cm³/mol. The van der Waals surface area contributed by atoms with E-state index in [4.69, 9.17) is 9.84 Å². The summed E-state index contributed by atoms with van der Waals surface area (Å²) < 4.78 is 7.37. The van der Waals surface area contributed by atoms with Crippen molar-refractivity contribution in [3.8, 4) is 22.7 Å². The molecule has 160 valence electrons. The summed E-state index contributed by atoms with van der Waals surface area (Å²) in [6.45, 7) is 3.74. The summed E-state index contributed by atoms with van der Waals surface area (Å²) >= 11 is 0. The smallest absolute Gasteiger partial charge is 0.258 e. The van der Waals surface area contributed by atoms with Gasteiger partial charge in [-0.1, -0.05) is 30.3 Å². The number of nitrogens with one attached hydrogen (secondary N) is 2. The predicted octanol–water partition coefficient (Wildman–Crippen LogP) is 1.42. The number of nitrogens with zero attached hydrogens (tertiary/aromatic N) is 3. The number of aromatic nitrogens is 2. The maximum absolute atomic E-state index is 12.5. The SMILES string of the molecule is COc1ccccc1-c1nn(-c2ccccc2)cc1/C=C/C(=O)NN1CC[NH+](C)CC1. The maximum Gasteiger partial charge on any atom is 0.258 e. The average Bonchev–Trinajstić information content (AvgIpc) is 3.24. The van der Waals surface area contributed by atoms with Crippen molar-refractivity contribution in [3.63, 3.8) is 0 Å². The number of hydrogen-bond acceptors (Lipinski definition) is 4. The van der Waals surface area contributed by atoms with Gasteiger partial charge in [-0.2, -0.15) is 5.10 Å². The lowest BCUT2D eigenvalue weighted by atomic mass is 10.1. The van der Waals surface area contributed by atoms with Crippen molar-refractivity contribution in [2.45, 2.75) is 0 Å². The number of carbonyl (C=O) groups excluding carboxylic acids is 1. The molecule has 0 saturated carbocycles. The number of ether oxygens (including phenoxy) is 1. The van der Waals surface area contributed by atoms with Crippen LogP contribution in [0.4, 0.5) is 0 Å². The van der Waals surface area contributed by atoms with Gasteiger partial charge in [0.1, 0.15) is 11.4 Å². The van der Waals surface area contributed by atoms with Gasteiger partial charge in [0.2, 0.25) is 0 Å². The number of amides is 1.